The van der Waals surface area contributed by atoms with Crippen LogP contribution < -0.4 is 0 Å². The van der Waals surface area contributed by atoms with Crippen LogP contribution in [0.1, 0.15) is 200 Å². The van der Waals surface area contributed by atoms with Crippen LogP contribution >= 0.6 is 0 Å². The summed E-state index contributed by atoms with van der Waals surface area (Å²) >= 11 is 0. The molecule has 1 aliphatic heterocycles. The van der Waals surface area contributed by atoms with Gasteiger partial charge in [0.1, 0.15) is 36.8 Å². The lowest BCUT2D eigenvalue weighted by Crippen LogP contribution is -2.60. The normalized spacial score (nSPS) is 20.1. The summed E-state index contributed by atoms with van der Waals surface area (Å²) in [4.78, 5) is 25.5. The second kappa shape index (κ2) is 39.9. The van der Waals surface area contributed by atoms with E-state index in [4.69, 9.17) is 18.9 Å². The SMILES string of the molecule is CCCCC/C=C/C/C=C/C/C=C/C/C=C/CCCC(=O)OC[C@H](CO[C@H]1O[C@H](CS(=O)(=O)O)[C@@H](O)C(O)C1O)OC(=O)CCCCCCCCCCCCCCCCCCCC. The Hall–Kier alpha value is -2.39. The number of esters is 2. The Kier molecular flexibility index (Phi) is 37.2. The number of carbonyl (C=O) groups excluding carboxylic acids is 2. The highest BCUT2D eigenvalue weighted by Gasteiger charge is 2.46. The Morgan fingerprint density at radius 1 is 0.540 bits per heavy atom. The Balaban J connectivity index is 2.44. The molecular formula is C50H88O12S. The van der Waals surface area contributed by atoms with Gasteiger partial charge in [-0.15, -0.1) is 0 Å². The average Bonchev–Trinajstić information content (AvgIpc) is 3.25. The fraction of sp³-hybridized carbons (Fsp3) is 0.800. The fourth-order valence-electron chi connectivity index (χ4n) is 7.32. The van der Waals surface area contributed by atoms with Crippen LogP contribution in [-0.4, -0.2) is 96.0 Å². The van der Waals surface area contributed by atoms with E-state index in [0.29, 0.717) is 19.3 Å². The number of aliphatic hydroxyl groups excluding tert-OH is 3. The van der Waals surface area contributed by atoms with E-state index < -0.39 is 71.2 Å². The van der Waals surface area contributed by atoms with Gasteiger partial charge in [0, 0.05) is 12.8 Å². The molecule has 1 heterocycles. The smallest absolute Gasteiger partial charge is 0.306 e. The topological polar surface area (TPSA) is 186 Å². The summed E-state index contributed by atoms with van der Waals surface area (Å²) in [5.41, 5.74) is 0. The minimum atomic E-state index is -4.61. The standard InChI is InChI=1S/C50H88O12S/c1-3-5-7-9-11-13-15-17-19-21-23-25-27-29-31-33-35-37-39-46(52)61-43(41-60-50-49(55)48(54)47(53)44(62-50)42-63(56,57)58)40-59-45(51)38-36-34-32-30-28-26-24-22-20-18-16-14-12-10-8-6-4-2/h12,14,18,20,24,26,30,32,43-44,47-50,53-55H,3-11,13,15-17,19,21-23,25,27-29,31,33-42H2,1-2H3,(H,56,57,58)/b14-12+,20-18+,26-24+,32-30+/t43-,44-,47-,48?,49?,50+/m1/s1. The second-order valence-electron chi connectivity index (χ2n) is 17.1. The van der Waals surface area contributed by atoms with E-state index >= 15 is 0 Å². The lowest BCUT2D eigenvalue weighted by atomic mass is 10.00. The van der Waals surface area contributed by atoms with Crippen molar-refractivity contribution in [3.63, 3.8) is 0 Å². The highest BCUT2D eigenvalue weighted by atomic mass is 32.2. The second-order valence-corrected chi connectivity index (χ2v) is 18.6. The third kappa shape index (κ3) is 34.6. The van der Waals surface area contributed by atoms with Crippen molar-refractivity contribution in [2.45, 2.75) is 237 Å². The molecular weight excluding hydrogens is 825 g/mol. The Labute approximate surface area is 382 Å². The van der Waals surface area contributed by atoms with Gasteiger partial charge in [-0.05, 0) is 51.4 Å². The third-order valence-corrected chi connectivity index (χ3v) is 11.9. The molecule has 6 atom stereocenters. The van der Waals surface area contributed by atoms with Crippen LogP contribution in [0.15, 0.2) is 48.6 Å². The largest absolute Gasteiger partial charge is 0.462 e. The number of hydrogen-bond acceptors (Lipinski definition) is 11. The monoisotopic (exact) mass is 913 g/mol. The first kappa shape index (κ1) is 58.6. The highest BCUT2D eigenvalue weighted by molar-refractivity contribution is 7.85. The minimum Gasteiger partial charge on any atom is -0.462 e. The van der Waals surface area contributed by atoms with Crippen molar-refractivity contribution in [1.82, 2.24) is 0 Å². The molecule has 0 aromatic rings. The molecule has 0 bridgehead atoms. The van der Waals surface area contributed by atoms with Crippen LogP contribution in [0.4, 0.5) is 0 Å². The summed E-state index contributed by atoms with van der Waals surface area (Å²) in [7, 11) is -4.61. The quantitative estimate of drug-likeness (QED) is 0.0197. The molecule has 1 fully saturated rings. The van der Waals surface area contributed by atoms with E-state index in [1.807, 2.05) is 6.08 Å². The molecule has 0 aliphatic carbocycles. The average molecular weight is 913 g/mol. The van der Waals surface area contributed by atoms with E-state index in [-0.39, 0.29) is 19.4 Å². The van der Waals surface area contributed by atoms with Gasteiger partial charge in [-0.3, -0.25) is 14.1 Å². The number of allylic oxidation sites excluding steroid dienone is 8. The molecule has 1 rings (SSSR count). The molecule has 1 aliphatic rings. The molecule has 13 heteroatoms. The van der Waals surface area contributed by atoms with Crippen LogP contribution in [0.3, 0.4) is 0 Å². The lowest BCUT2D eigenvalue weighted by molar-refractivity contribution is -0.297. The van der Waals surface area contributed by atoms with Crippen molar-refractivity contribution in [1.29, 1.82) is 0 Å². The number of hydrogen-bond donors (Lipinski definition) is 4. The van der Waals surface area contributed by atoms with Gasteiger partial charge in [-0.25, -0.2) is 0 Å². The maximum absolute atomic E-state index is 12.9. The van der Waals surface area contributed by atoms with Gasteiger partial charge in [0.15, 0.2) is 12.4 Å². The Morgan fingerprint density at radius 2 is 0.968 bits per heavy atom. The van der Waals surface area contributed by atoms with E-state index in [9.17, 15) is 37.9 Å². The van der Waals surface area contributed by atoms with Gasteiger partial charge in [-0.1, -0.05) is 184 Å². The number of aliphatic hydroxyl groups is 3. The number of ether oxygens (including phenoxy) is 4. The van der Waals surface area contributed by atoms with Gasteiger partial charge >= 0.3 is 11.9 Å². The van der Waals surface area contributed by atoms with Crippen molar-refractivity contribution in [2.75, 3.05) is 19.0 Å². The van der Waals surface area contributed by atoms with Gasteiger partial charge in [-0.2, -0.15) is 8.42 Å². The minimum absolute atomic E-state index is 0.144. The summed E-state index contributed by atoms with van der Waals surface area (Å²) in [6.07, 6.45) is 38.7. The molecule has 63 heavy (non-hydrogen) atoms. The van der Waals surface area contributed by atoms with E-state index in [0.717, 1.165) is 44.9 Å². The zero-order valence-electron chi connectivity index (χ0n) is 39.2. The van der Waals surface area contributed by atoms with Crippen molar-refractivity contribution >= 4 is 22.1 Å². The van der Waals surface area contributed by atoms with E-state index in [1.165, 1.54) is 109 Å². The molecule has 0 amide bonds. The van der Waals surface area contributed by atoms with Crippen LogP contribution in [0, 0.1) is 0 Å². The summed E-state index contributed by atoms with van der Waals surface area (Å²) < 4.78 is 54.1. The molecule has 0 radical (unpaired) electrons. The first-order valence-corrected chi connectivity index (χ1v) is 26.3. The molecule has 366 valence electrons. The summed E-state index contributed by atoms with van der Waals surface area (Å²) in [5, 5.41) is 30.9. The maximum atomic E-state index is 12.9. The van der Waals surface area contributed by atoms with E-state index in [1.54, 1.807) is 0 Å². The molecule has 0 aromatic heterocycles. The fourth-order valence-corrected chi connectivity index (χ4v) is 8.01. The molecule has 1 saturated heterocycles. The van der Waals surface area contributed by atoms with Gasteiger partial charge < -0.3 is 34.3 Å². The molecule has 0 aromatic carbocycles. The lowest BCUT2D eigenvalue weighted by Gasteiger charge is -2.40. The summed E-state index contributed by atoms with van der Waals surface area (Å²) in [6.45, 7) is 3.70. The van der Waals surface area contributed by atoms with Crippen LogP contribution in [0.25, 0.3) is 0 Å². The van der Waals surface area contributed by atoms with Gasteiger partial charge in [0.25, 0.3) is 10.1 Å². The van der Waals surface area contributed by atoms with Crippen molar-refractivity contribution in [2.24, 2.45) is 0 Å². The van der Waals surface area contributed by atoms with Crippen molar-refractivity contribution in [3.05, 3.63) is 48.6 Å². The van der Waals surface area contributed by atoms with Gasteiger partial charge in [0.05, 0.1) is 6.61 Å². The molecule has 2 unspecified atom stereocenters. The Bertz CT molecular complexity index is 1350. The predicted molar refractivity (Wildman–Crippen MR) is 252 cm³/mol. The number of rotatable bonds is 41. The maximum Gasteiger partial charge on any atom is 0.306 e. The summed E-state index contributed by atoms with van der Waals surface area (Å²) in [5.74, 6) is -2.05. The predicted octanol–water partition coefficient (Wildman–Crippen LogP) is 10.7. The molecule has 4 N–H and O–H groups in total. The number of carbonyl (C=O) groups is 2. The first-order chi connectivity index (χ1) is 30.5. The van der Waals surface area contributed by atoms with Gasteiger partial charge in [0.2, 0.25) is 0 Å². The van der Waals surface area contributed by atoms with Crippen molar-refractivity contribution < 1.29 is 56.8 Å². The molecule has 12 nitrogen and oxygen atoms in total. The first-order valence-electron chi connectivity index (χ1n) is 24.7. The van der Waals surface area contributed by atoms with Crippen LogP contribution in [0.5, 0.6) is 0 Å². The van der Waals surface area contributed by atoms with Crippen LogP contribution in [-0.2, 0) is 38.7 Å². The molecule has 0 spiro atoms. The van der Waals surface area contributed by atoms with E-state index in [2.05, 4.69) is 56.4 Å². The summed E-state index contributed by atoms with van der Waals surface area (Å²) in [6, 6.07) is 0. The zero-order chi connectivity index (χ0) is 46.2. The third-order valence-electron chi connectivity index (χ3n) is 11.2. The zero-order valence-corrected chi connectivity index (χ0v) is 40.0. The Morgan fingerprint density at radius 3 is 1.46 bits per heavy atom. The van der Waals surface area contributed by atoms with Crippen LogP contribution in [0.2, 0.25) is 0 Å². The van der Waals surface area contributed by atoms with Crippen molar-refractivity contribution in [3.8, 4) is 0 Å². The highest BCUT2D eigenvalue weighted by Crippen LogP contribution is 2.24. The molecule has 0 saturated carbocycles. The number of unbranched alkanes of at least 4 members (excludes halogenated alkanes) is 21.